The molecule has 0 spiro atoms. The van der Waals surface area contributed by atoms with E-state index in [1.807, 2.05) is 25.7 Å². The summed E-state index contributed by atoms with van der Waals surface area (Å²) in [6, 6.07) is 0.379. The van der Waals surface area contributed by atoms with E-state index in [0.717, 1.165) is 39.0 Å². The summed E-state index contributed by atoms with van der Waals surface area (Å²) in [5, 5.41) is 0. The largest absolute Gasteiger partial charge is 0.444 e. The molecule has 20 heavy (non-hydrogen) atoms. The average molecular weight is 282 g/mol. The summed E-state index contributed by atoms with van der Waals surface area (Å²) in [5.41, 5.74) is -0.443. The fourth-order valence-corrected chi connectivity index (χ4v) is 2.88. The first kappa shape index (κ1) is 15.3. The second-order valence-electron chi connectivity index (χ2n) is 6.80. The molecule has 0 saturated carbocycles. The summed E-state index contributed by atoms with van der Waals surface area (Å²) in [5.74, 6) is 0.362. The molecule has 5 nitrogen and oxygen atoms in total. The molecule has 5 heteroatoms. The van der Waals surface area contributed by atoms with Crippen LogP contribution in [-0.2, 0) is 9.53 Å². The second-order valence-corrected chi connectivity index (χ2v) is 6.80. The van der Waals surface area contributed by atoms with E-state index in [1.54, 1.807) is 0 Å². The third-order valence-corrected chi connectivity index (χ3v) is 3.92. The van der Waals surface area contributed by atoms with E-state index in [1.165, 1.54) is 0 Å². The molecule has 0 aromatic heterocycles. The first-order chi connectivity index (χ1) is 9.35. The average Bonchev–Trinajstić information content (AvgIpc) is 2.38. The predicted octanol–water partition coefficient (Wildman–Crippen LogP) is 2.05. The summed E-state index contributed by atoms with van der Waals surface area (Å²) in [6.07, 6.45) is 3.21. The normalized spacial score (nSPS) is 25.6. The Hall–Kier alpha value is -1.10. The van der Waals surface area contributed by atoms with E-state index >= 15 is 0 Å². The summed E-state index contributed by atoms with van der Waals surface area (Å²) < 4.78 is 5.44. The van der Waals surface area contributed by atoms with E-state index in [2.05, 4.69) is 4.90 Å². The number of likely N-dealkylation sites (tertiary alicyclic amines) is 2. The van der Waals surface area contributed by atoms with E-state index in [-0.39, 0.29) is 6.09 Å². The summed E-state index contributed by atoms with van der Waals surface area (Å²) in [6.45, 7) is 8.85. The number of Topliss-reactive ketones (excluding diaryl/α,β-unsaturated/α-hetero) is 1. The van der Waals surface area contributed by atoms with Crippen LogP contribution >= 0.6 is 0 Å². The van der Waals surface area contributed by atoms with Crippen molar-refractivity contribution in [2.45, 2.75) is 58.1 Å². The molecule has 0 N–H and O–H groups in total. The van der Waals surface area contributed by atoms with Crippen LogP contribution in [0.2, 0.25) is 0 Å². The van der Waals surface area contributed by atoms with E-state index < -0.39 is 5.60 Å². The lowest BCUT2D eigenvalue weighted by Crippen LogP contribution is -2.52. The van der Waals surface area contributed by atoms with Crippen LogP contribution in [0.25, 0.3) is 0 Å². The van der Waals surface area contributed by atoms with Gasteiger partial charge in [0.25, 0.3) is 0 Å². The zero-order valence-corrected chi connectivity index (χ0v) is 12.9. The van der Waals surface area contributed by atoms with Crippen molar-refractivity contribution in [1.29, 1.82) is 0 Å². The van der Waals surface area contributed by atoms with Crippen molar-refractivity contribution in [2.75, 3.05) is 26.2 Å². The zero-order chi connectivity index (χ0) is 14.8. The molecule has 1 atom stereocenters. The van der Waals surface area contributed by atoms with Gasteiger partial charge in [0.2, 0.25) is 0 Å². The fourth-order valence-electron chi connectivity index (χ4n) is 2.88. The fraction of sp³-hybridized carbons (Fsp3) is 0.867. The van der Waals surface area contributed by atoms with Crippen LogP contribution in [0, 0.1) is 0 Å². The van der Waals surface area contributed by atoms with Crippen molar-refractivity contribution >= 4 is 11.9 Å². The number of nitrogens with zero attached hydrogens (tertiary/aromatic N) is 2. The maximum atomic E-state index is 12.1. The van der Waals surface area contributed by atoms with Crippen molar-refractivity contribution in [3.05, 3.63) is 0 Å². The highest BCUT2D eigenvalue weighted by Crippen LogP contribution is 2.21. The monoisotopic (exact) mass is 282 g/mol. The van der Waals surface area contributed by atoms with Crippen LogP contribution in [0.5, 0.6) is 0 Å². The maximum absolute atomic E-state index is 12.1. The Labute approximate surface area is 121 Å². The molecule has 0 radical (unpaired) electrons. The molecule has 2 heterocycles. The Morgan fingerprint density at radius 2 is 1.85 bits per heavy atom. The third-order valence-electron chi connectivity index (χ3n) is 3.92. The van der Waals surface area contributed by atoms with Gasteiger partial charge >= 0.3 is 6.09 Å². The molecule has 2 saturated heterocycles. The van der Waals surface area contributed by atoms with E-state index in [0.29, 0.717) is 24.7 Å². The highest BCUT2D eigenvalue weighted by atomic mass is 16.6. The maximum Gasteiger partial charge on any atom is 0.410 e. The lowest BCUT2D eigenvalue weighted by molar-refractivity contribution is -0.122. The minimum atomic E-state index is -0.443. The van der Waals surface area contributed by atoms with Crippen LogP contribution in [0.15, 0.2) is 0 Å². The molecular weight excluding hydrogens is 256 g/mol. The number of hydrogen-bond acceptors (Lipinski definition) is 4. The standard InChI is InChI=1S/C15H26N2O3/c1-15(2,3)20-14(19)17-8-4-5-12(11-17)16-9-6-13(18)7-10-16/h12H,4-11H2,1-3H3. The number of carbonyl (C=O) groups is 2. The van der Waals surface area contributed by atoms with Crippen LogP contribution in [0.3, 0.4) is 0 Å². The van der Waals surface area contributed by atoms with Gasteiger partial charge in [-0.05, 0) is 33.6 Å². The van der Waals surface area contributed by atoms with E-state index in [4.69, 9.17) is 4.74 Å². The number of amides is 1. The highest BCUT2D eigenvalue weighted by Gasteiger charge is 2.31. The smallest absolute Gasteiger partial charge is 0.410 e. The number of ketones is 1. The molecule has 2 aliphatic heterocycles. The Kier molecular flexibility index (Phi) is 4.68. The van der Waals surface area contributed by atoms with Crippen molar-refractivity contribution in [1.82, 2.24) is 9.80 Å². The highest BCUT2D eigenvalue weighted by molar-refractivity contribution is 5.79. The van der Waals surface area contributed by atoms with Gasteiger partial charge in [-0.15, -0.1) is 0 Å². The molecular formula is C15H26N2O3. The quantitative estimate of drug-likeness (QED) is 0.738. The minimum absolute atomic E-state index is 0.213. The number of rotatable bonds is 1. The topological polar surface area (TPSA) is 49.9 Å². The Bertz CT molecular complexity index is 366. The Morgan fingerprint density at radius 3 is 2.45 bits per heavy atom. The van der Waals surface area contributed by atoms with Gasteiger partial charge in [-0.25, -0.2) is 4.79 Å². The van der Waals surface area contributed by atoms with Crippen LogP contribution in [0.4, 0.5) is 4.79 Å². The third kappa shape index (κ3) is 4.20. The van der Waals surface area contributed by atoms with Crippen molar-refractivity contribution in [2.24, 2.45) is 0 Å². The van der Waals surface area contributed by atoms with Crippen LogP contribution in [-0.4, -0.2) is 59.5 Å². The number of carbonyl (C=O) groups excluding carboxylic acids is 2. The molecule has 2 fully saturated rings. The molecule has 1 amide bonds. The molecule has 2 rings (SSSR count). The number of piperidine rings is 2. The number of hydrogen-bond donors (Lipinski definition) is 0. The SMILES string of the molecule is CC(C)(C)OC(=O)N1CCCC(N2CCC(=O)CC2)C1. The lowest BCUT2D eigenvalue weighted by Gasteiger charge is -2.40. The minimum Gasteiger partial charge on any atom is -0.444 e. The van der Waals surface area contributed by atoms with Gasteiger partial charge in [-0.1, -0.05) is 0 Å². The molecule has 1 unspecified atom stereocenters. The van der Waals surface area contributed by atoms with E-state index in [9.17, 15) is 9.59 Å². The van der Waals surface area contributed by atoms with Gasteiger partial charge in [0.1, 0.15) is 11.4 Å². The first-order valence-corrected chi connectivity index (χ1v) is 7.59. The van der Waals surface area contributed by atoms with Crippen LogP contribution in [0.1, 0.15) is 46.5 Å². The van der Waals surface area contributed by atoms with Gasteiger partial charge in [0.15, 0.2) is 0 Å². The van der Waals surface area contributed by atoms with Gasteiger partial charge in [0, 0.05) is 45.1 Å². The Balaban J connectivity index is 1.88. The molecule has 2 aliphatic rings. The van der Waals surface area contributed by atoms with Gasteiger partial charge in [-0.3, -0.25) is 9.69 Å². The molecule has 0 aromatic carbocycles. The number of ether oxygens (including phenoxy) is 1. The van der Waals surface area contributed by atoms with Gasteiger partial charge in [0.05, 0.1) is 0 Å². The molecule has 0 bridgehead atoms. The van der Waals surface area contributed by atoms with Crippen LogP contribution < -0.4 is 0 Å². The van der Waals surface area contributed by atoms with Crippen molar-refractivity contribution in [3.63, 3.8) is 0 Å². The summed E-state index contributed by atoms with van der Waals surface area (Å²) >= 11 is 0. The second kappa shape index (κ2) is 6.12. The molecule has 0 aromatic rings. The lowest BCUT2D eigenvalue weighted by atomic mass is 10.0. The van der Waals surface area contributed by atoms with Crippen molar-refractivity contribution < 1.29 is 14.3 Å². The van der Waals surface area contributed by atoms with Gasteiger partial charge < -0.3 is 9.64 Å². The van der Waals surface area contributed by atoms with Gasteiger partial charge in [-0.2, -0.15) is 0 Å². The summed E-state index contributed by atoms with van der Waals surface area (Å²) in [4.78, 5) is 27.6. The molecule has 114 valence electrons. The predicted molar refractivity (Wildman–Crippen MR) is 76.6 cm³/mol. The Morgan fingerprint density at radius 1 is 1.20 bits per heavy atom. The summed E-state index contributed by atoms with van der Waals surface area (Å²) in [7, 11) is 0. The van der Waals surface area contributed by atoms with Crippen molar-refractivity contribution in [3.8, 4) is 0 Å². The first-order valence-electron chi connectivity index (χ1n) is 7.59. The molecule has 0 aliphatic carbocycles. The zero-order valence-electron chi connectivity index (χ0n) is 12.9.